The Morgan fingerprint density at radius 2 is 2.00 bits per heavy atom. The number of phenolic OH excluding ortho intramolecular Hbond substituents is 1. The van der Waals surface area contributed by atoms with Gasteiger partial charge in [-0.15, -0.1) is 0 Å². The number of halogens is 3. The number of hydrogen-bond donors (Lipinski definition) is 2. The first kappa shape index (κ1) is 14.4. The Kier molecular flexibility index (Phi) is 4.54. The quantitative estimate of drug-likeness (QED) is 0.729. The number of nitrogens with zero attached hydrogens (tertiary/aromatic N) is 2. The number of hydrogen-bond acceptors (Lipinski definition) is 4. The number of rotatable bonds is 2. The molecule has 0 aliphatic carbocycles. The predicted molar refractivity (Wildman–Crippen MR) is 81.2 cm³/mol. The van der Waals surface area contributed by atoms with Crippen LogP contribution < -0.4 is 5.32 Å². The molecule has 1 aromatic carbocycles. The average Bonchev–Trinajstić information content (AvgIpc) is 2.35. The molecule has 98 valence electrons. The smallest absolute Gasteiger partial charge is 0.260 e. The lowest BCUT2D eigenvalue weighted by Crippen LogP contribution is -2.14. The van der Waals surface area contributed by atoms with Crippen LogP contribution >= 0.6 is 47.8 Å². The normalized spacial score (nSPS) is 10.3. The van der Waals surface area contributed by atoms with E-state index in [4.69, 9.17) is 0 Å². The van der Waals surface area contributed by atoms with E-state index in [1.54, 1.807) is 6.07 Å². The molecular formula is C11H6Br3N3O2. The summed E-state index contributed by atoms with van der Waals surface area (Å²) in [4.78, 5) is 20.1. The van der Waals surface area contributed by atoms with Gasteiger partial charge >= 0.3 is 0 Å². The van der Waals surface area contributed by atoms with Crippen LogP contribution in [0.1, 0.15) is 10.4 Å². The van der Waals surface area contributed by atoms with Gasteiger partial charge in [-0.3, -0.25) is 4.79 Å². The molecule has 2 rings (SSSR count). The molecule has 1 heterocycles. The number of amides is 1. The lowest BCUT2D eigenvalue weighted by Gasteiger charge is -2.07. The first-order valence-electron chi connectivity index (χ1n) is 4.95. The van der Waals surface area contributed by atoms with Crippen molar-refractivity contribution in [3.63, 3.8) is 0 Å². The SMILES string of the molecule is O=C(Nc1ncc(Br)nc1Br)c1cc(Br)ccc1O. The summed E-state index contributed by atoms with van der Waals surface area (Å²) in [6, 6.07) is 4.59. The molecule has 1 amide bonds. The minimum absolute atomic E-state index is 0.109. The van der Waals surface area contributed by atoms with Gasteiger partial charge in [0.2, 0.25) is 0 Å². The van der Waals surface area contributed by atoms with Crippen LogP contribution in [0.3, 0.4) is 0 Å². The third-order valence-corrected chi connectivity index (χ3v) is 3.56. The van der Waals surface area contributed by atoms with Crippen molar-refractivity contribution < 1.29 is 9.90 Å². The van der Waals surface area contributed by atoms with E-state index in [-0.39, 0.29) is 17.1 Å². The van der Waals surface area contributed by atoms with Crippen molar-refractivity contribution in [1.82, 2.24) is 9.97 Å². The zero-order valence-electron chi connectivity index (χ0n) is 9.19. The lowest BCUT2D eigenvalue weighted by molar-refractivity contribution is 0.102. The van der Waals surface area contributed by atoms with Crippen molar-refractivity contribution >= 4 is 59.5 Å². The van der Waals surface area contributed by atoms with Gasteiger partial charge in [0.1, 0.15) is 15.0 Å². The zero-order chi connectivity index (χ0) is 14.0. The van der Waals surface area contributed by atoms with E-state index in [1.807, 2.05) is 0 Å². The maximum absolute atomic E-state index is 12.0. The first-order valence-corrected chi connectivity index (χ1v) is 7.33. The van der Waals surface area contributed by atoms with E-state index < -0.39 is 5.91 Å². The van der Waals surface area contributed by atoms with Crippen LogP contribution in [-0.2, 0) is 0 Å². The molecule has 0 aliphatic rings. The van der Waals surface area contributed by atoms with Crippen molar-refractivity contribution in [1.29, 1.82) is 0 Å². The van der Waals surface area contributed by atoms with Crippen LogP contribution in [0.25, 0.3) is 0 Å². The highest BCUT2D eigenvalue weighted by Crippen LogP contribution is 2.24. The number of nitrogens with one attached hydrogen (secondary N) is 1. The summed E-state index contributed by atoms with van der Waals surface area (Å²) in [5.74, 6) is -0.314. The molecule has 19 heavy (non-hydrogen) atoms. The summed E-state index contributed by atoms with van der Waals surface area (Å²) in [6.07, 6.45) is 1.46. The highest BCUT2D eigenvalue weighted by Gasteiger charge is 2.14. The van der Waals surface area contributed by atoms with Crippen LogP contribution in [0.15, 0.2) is 38.1 Å². The van der Waals surface area contributed by atoms with Crippen LogP contribution in [-0.4, -0.2) is 21.0 Å². The minimum atomic E-state index is -0.476. The van der Waals surface area contributed by atoms with Crippen molar-refractivity contribution in [2.75, 3.05) is 5.32 Å². The number of benzene rings is 1. The zero-order valence-corrected chi connectivity index (χ0v) is 14.0. The van der Waals surface area contributed by atoms with E-state index in [9.17, 15) is 9.90 Å². The van der Waals surface area contributed by atoms with Crippen LogP contribution in [0.4, 0.5) is 5.82 Å². The van der Waals surface area contributed by atoms with Gasteiger partial charge in [-0.25, -0.2) is 9.97 Å². The monoisotopic (exact) mass is 449 g/mol. The largest absolute Gasteiger partial charge is 0.507 e. The van der Waals surface area contributed by atoms with Crippen molar-refractivity contribution in [2.24, 2.45) is 0 Å². The summed E-state index contributed by atoms with van der Waals surface area (Å²) >= 11 is 9.60. The Hall–Kier alpha value is -0.990. The minimum Gasteiger partial charge on any atom is -0.507 e. The second-order valence-electron chi connectivity index (χ2n) is 3.45. The first-order chi connectivity index (χ1) is 8.97. The number of aromatic nitrogens is 2. The maximum Gasteiger partial charge on any atom is 0.260 e. The third-order valence-electron chi connectivity index (χ3n) is 2.14. The van der Waals surface area contributed by atoms with Gasteiger partial charge in [0.15, 0.2) is 5.82 Å². The molecular weight excluding hydrogens is 446 g/mol. The molecule has 0 saturated heterocycles. The van der Waals surface area contributed by atoms with E-state index in [0.29, 0.717) is 13.7 Å². The molecule has 2 aromatic rings. The fourth-order valence-electron chi connectivity index (χ4n) is 1.30. The van der Waals surface area contributed by atoms with Crippen molar-refractivity contribution in [3.05, 3.63) is 43.6 Å². The molecule has 0 spiro atoms. The van der Waals surface area contributed by atoms with Gasteiger partial charge in [-0.1, -0.05) is 15.9 Å². The second-order valence-corrected chi connectivity index (χ2v) is 5.93. The Labute approximate surface area is 133 Å². The fourth-order valence-corrected chi connectivity index (χ4v) is 2.57. The van der Waals surface area contributed by atoms with Gasteiger partial charge in [0, 0.05) is 4.47 Å². The molecule has 0 atom stereocenters. The second kappa shape index (κ2) is 5.98. The van der Waals surface area contributed by atoms with E-state index >= 15 is 0 Å². The standard InChI is InChI=1S/C11H6Br3N3O2/c12-5-1-2-7(18)6(3-5)11(19)17-10-9(14)16-8(13)4-15-10/h1-4,18H,(H,15,17,19). The lowest BCUT2D eigenvalue weighted by atomic mass is 10.2. The number of phenols is 1. The molecule has 5 nitrogen and oxygen atoms in total. The van der Waals surface area contributed by atoms with Gasteiger partial charge in [0.05, 0.1) is 11.8 Å². The average molecular weight is 452 g/mol. The third kappa shape index (κ3) is 3.52. The Morgan fingerprint density at radius 3 is 2.68 bits per heavy atom. The molecule has 0 radical (unpaired) electrons. The molecule has 2 N–H and O–H groups in total. The molecule has 0 unspecified atom stereocenters. The highest BCUT2D eigenvalue weighted by molar-refractivity contribution is 9.11. The number of carbonyl (C=O) groups excluding carboxylic acids is 1. The maximum atomic E-state index is 12.0. The van der Waals surface area contributed by atoms with Gasteiger partial charge in [-0.05, 0) is 50.1 Å². The van der Waals surface area contributed by atoms with Gasteiger partial charge < -0.3 is 10.4 Å². The molecule has 0 aliphatic heterocycles. The molecule has 0 bridgehead atoms. The van der Waals surface area contributed by atoms with Crippen LogP contribution in [0, 0.1) is 0 Å². The van der Waals surface area contributed by atoms with Gasteiger partial charge in [-0.2, -0.15) is 0 Å². The Bertz CT molecular complexity index is 649. The van der Waals surface area contributed by atoms with E-state index in [0.717, 1.165) is 0 Å². The fraction of sp³-hybridized carbons (Fsp3) is 0. The molecule has 1 aromatic heterocycles. The Balaban J connectivity index is 2.28. The summed E-state index contributed by atoms with van der Waals surface area (Å²) in [5.41, 5.74) is 0.144. The van der Waals surface area contributed by atoms with E-state index in [1.165, 1.54) is 18.3 Å². The van der Waals surface area contributed by atoms with Crippen LogP contribution in [0.5, 0.6) is 5.75 Å². The topological polar surface area (TPSA) is 75.1 Å². The molecule has 8 heteroatoms. The Morgan fingerprint density at radius 1 is 1.26 bits per heavy atom. The number of anilines is 1. The predicted octanol–water partition coefficient (Wildman–Crippen LogP) is 3.72. The molecule has 0 saturated carbocycles. The summed E-state index contributed by atoms with van der Waals surface area (Å²) in [6.45, 7) is 0. The molecule has 0 fully saturated rings. The van der Waals surface area contributed by atoms with Crippen LogP contribution in [0.2, 0.25) is 0 Å². The van der Waals surface area contributed by atoms with Crippen molar-refractivity contribution in [3.8, 4) is 5.75 Å². The summed E-state index contributed by atoms with van der Waals surface area (Å²) in [7, 11) is 0. The van der Waals surface area contributed by atoms with Crippen molar-refractivity contribution in [2.45, 2.75) is 0 Å². The van der Waals surface area contributed by atoms with E-state index in [2.05, 4.69) is 63.1 Å². The highest BCUT2D eigenvalue weighted by atomic mass is 79.9. The summed E-state index contributed by atoms with van der Waals surface area (Å²) < 4.78 is 1.63. The van der Waals surface area contributed by atoms with Gasteiger partial charge in [0.25, 0.3) is 5.91 Å². The number of carbonyl (C=O) groups is 1. The number of aromatic hydroxyl groups is 1. The summed E-state index contributed by atoms with van der Waals surface area (Å²) in [5, 5.41) is 12.2.